The standard InChI is InChI=1S/C25H20N2O4S/c1-16-5-3-6-17(13-16)7-4-8-20-14-21-22(28)27(25(31)26(2)23(21)32-20)15-18-9-11-19(12-10-18)24(29)30/h3,5-6,9-14H,7,15H2,1-2H3,(H,29,30). The third-order valence-corrected chi connectivity index (χ3v) is 6.27. The highest BCUT2D eigenvalue weighted by Crippen LogP contribution is 2.21. The molecule has 0 fully saturated rings. The third-order valence-electron chi connectivity index (χ3n) is 5.14. The van der Waals surface area contributed by atoms with Gasteiger partial charge in [-0.1, -0.05) is 53.8 Å². The number of carboxylic acids is 1. The van der Waals surface area contributed by atoms with E-state index >= 15 is 0 Å². The number of carbonyl (C=O) groups is 1. The summed E-state index contributed by atoms with van der Waals surface area (Å²) >= 11 is 1.32. The van der Waals surface area contributed by atoms with Gasteiger partial charge in [0.05, 0.1) is 22.4 Å². The molecule has 0 saturated heterocycles. The smallest absolute Gasteiger partial charge is 0.335 e. The Hall–Kier alpha value is -3.89. The largest absolute Gasteiger partial charge is 0.478 e. The maximum Gasteiger partial charge on any atom is 0.335 e. The Morgan fingerprint density at radius 1 is 1.06 bits per heavy atom. The van der Waals surface area contributed by atoms with Gasteiger partial charge in [0.1, 0.15) is 4.83 Å². The number of hydrogen-bond donors (Lipinski definition) is 1. The number of aromatic nitrogens is 2. The zero-order chi connectivity index (χ0) is 22.8. The molecular weight excluding hydrogens is 424 g/mol. The van der Waals surface area contributed by atoms with E-state index in [-0.39, 0.29) is 17.7 Å². The number of aromatic carboxylic acids is 1. The molecule has 0 atom stereocenters. The Morgan fingerprint density at radius 2 is 1.81 bits per heavy atom. The van der Waals surface area contributed by atoms with Crippen molar-refractivity contribution >= 4 is 27.5 Å². The molecule has 2 aromatic carbocycles. The van der Waals surface area contributed by atoms with Crippen LogP contribution in [-0.4, -0.2) is 20.2 Å². The van der Waals surface area contributed by atoms with Gasteiger partial charge in [-0.15, -0.1) is 11.3 Å². The average Bonchev–Trinajstić information content (AvgIpc) is 3.20. The molecule has 4 aromatic rings. The summed E-state index contributed by atoms with van der Waals surface area (Å²) in [4.78, 5) is 38.2. The van der Waals surface area contributed by atoms with Gasteiger partial charge >= 0.3 is 11.7 Å². The first-order valence-electron chi connectivity index (χ1n) is 9.93. The van der Waals surface area contributed by atoms with Gasteiger partial charge in [0, 0.05) is 13.5 Å². The molecule has 7 heteroatoms. The van der Waals surface area contributed by atoms with Crippen LogP contribution in [-0.2, 0) is 20.0 Å². The van der Waals surface area contributed by atoms with E-state index in [4.69, 9.17) is 5.11 Å². The van der Waals surface area contributed by atoms with Crippen LogP contribution in [0.25, 0.3) is 10.2 Å². The number of fused-ring (bicyclic) bond motifs is 1. The van der Waals surface area contributed by atoms with Gasteiger partial charge in [-0.3, -0.25) is 13.9 Å². The fourth-order valence-electron chi connectivity index (χ4n) is 3.48. The van der Waals surface area contributed by atoms with Crippen LogP contribution in [0.2, 0.25) is 0 Å². The zero-order valence-corrected chi connectivity index (χ0v) is 18.4. The van der Waals surface area contributed by atoms with Crippen LogP contribution in [0.15, 0.2) is 64.2 Å². The summed E-state index contributed by atoms with van der Waals surface area (Å²) in [6.45, 7) is 2.10. The highest BCUT2D eigenvalue weighted by molar-refractivity contribution is 7.19. The Kier molecular flexibility index (Phi) is 5.80. The molecule has 4 rings (SSSR count). The minimum absolute atomic E-state index is 0.0611. The molecule has 160 valence electrons. The molecular formula is C25H20N2O4S. The van der Waals surface area contributed by atoms with E-state index in [9.17, 15) is 14.4 Å². The van der Waals surface area contributed by atoms with Crippen molar-refractivity contribution in [3.63, 3.8) is 0 Å². The van der Waals surface area contributed by atoms with Crippen LogP contribution in [0.5, 0.6) is 0 Å². The monoisotopic (exact) mass is 444 g/mol. The van der Waals surface area contributed by atoms with Crippen molar-refractivity contribution in [2.75, 3.05) is 0 Å². The molecule has 1 N–H and O–H groups in total. The summed E-state index contributed by atoms with van der Waals surface area (Å²) < 4.78 is 2.62. The number of thiophene rings is 1. The number of carboxylic acid groups (broad SMARTS) is 1. The minimum Gasteiger partial charge on any atom is -0.478 e. The van der Waals surface area contributed by atoms with Gasteiger partial charge in [-0.25, -0.2) is 9.59 Å². The quantitative estimate of drug-likeness (QED) is 0.489. The van der Waals surface area contributed by atoms with Crippen LogP contribution in [0.1, 0.15) is 31.9 Å². The lowest BCUT2D eigenvalue weighted by Crippen LogP contribution is -2.38. The first-order valence-corrected chi connectivity index (χ1v) is 10.7. The molecule has 0 aliphatic heterocycles. The predicted molar refractivity (Wildman–Crippen MR) is 126 cm³/mol. The van der Waals surface area contributed by atoms with Crippen LogP contribution >= 0.6 is 11.3 Å². The SMILES string of the molecule is Cc1cccc(CC#Cc2cc3c(=O)n(Cc4ccc(C(=O)O)cc4)c(=O)n(C)c3s2)c1. The fraction of sp³-hybridized carbons (Fsp3) is 0.160. The zero-order valence-electron chi connectivity index (χ0n) is 17.6. The van der Waals surface area contributed by atoms with Crippen molar-refractivity contribution in [1.29, 1.82) is 0 Å². The molecule has 2 aromatic heterocycles. The first kappa shape index (κ1) is 21.3. The van der Waals surface area contributed by atoms with Crippen molar-refractivity contribution in [3.05, 3.63) is 103 Å². The molecule has 0 aliphatic carbocycles. The average molecular weight is 445 g/mol. The lowest BCUT2D eigenvalue weighted by Gasteiger charge is -2.08. The van der Waals surface area contributed by atoms with Crippen LogP contribution in [0, 0.1) is 18.8 Å². The van der Waals surface area contributed by atoms with E-state index in [0.717, 1.165) is 15.0 Å². The molecule has 0 unspecified atom stereocenters. The van der Waals surface area contributed by atoms with E-state index in [1.165, 1.54) is 33.6 Å². The van der Waals surface area contributed by atoms with Gasteiger partial charge in [-0.05, 0) is 36.2 Å². The Bertz CT molecular complexity index is 1510. The summed E-state index contributed by atoms with van der Waals surface area (Å²) in [5.74, 6) is 5.23. The Balaban J connectivity index is 1.67. The second kappa shape index (κ2) is 8.69. The molecule has 0 spiro atoms. The number of hydrogen-bond acceptors (Lipinski definition) is 4. The molecule has 0 amide bonds. The van der Waals surface area contributed by atoms with Crippen LogP contribution < -0.4 is 11.2 Å². The second-order valence-electron chi connectivity index (χ2n) is 7.53. The molecule has 6 nitrogen and oxygen atoms in total. The van der Waals surface area contributed by atoms with Gasteiger partial charge in [0.25, 0.3) is 5.56 Å². The molecule has 32 heavy (non-hydrogen) atoms. The van der Waals surface area contributed by atoms with E-state index in [0.29, 0.717) is 22.2 Å². The van der Waals surface area contributed by atoms with E-state index in [2.05, 4.69) is 17.9 Å². The van der Waals surface area contributed by atoms with Crippen molar-refractivity contribution in [2.45, 2.75) is 19.9 Å². The highest BCUT2D eigenvalue weighted by Gasteiger charge is 2.14. The second-order valence-corrected chi connectivity index (χ2v) is 8.56. The van der Waals surface area contributed by atoms with Crippen LogP contribution in [0.3, 0.4) is 0 Å². The Labute approximate surface area is 188 Å². The summed E-state index contributed by atoms with van der Waals surface area (Å²) in [5.41, 5.74) is 2.32. The topological polar surface area (TPSA) is 81.3 Å². The van der Waals surface area contributed by atoms with E-state index in [1.807, 2.05) is 25.1 Å². The normalized spacial score (nSPS) is 10.7. The maximum absolute atomic E-state index is 13.0. The van der Waals surface area contributed by atoms with Gasteiger partial charge < -0.3 is 5.11 Å². The summed E-state index contributed by atoms with van der Waals surface area (Å²) in [5, 5.41) is 9.47. The number of rotatable bonds is 4. The minimum atomic E-state index is -1.03. The lowest BCUT2D eigenvalue weighted by molar-refractivity contribution is 0.0697. The first-order chi connectivity index (χ1) is 15.3. The number of aryl methyl sites for hydroxylation is 2. The van der Waals surface area contributed by atoms with E-state index < -0.39 is 11.7 Å². The fourth-order valence-corrected chi connectivity index (χ4v) is 4.46. The van der Waals surface area contributed by atoms with Gasteiger partial charge in [-0.2, -0.15) is 0 Å². The van der Waals surface area contributed by atoms with E-state index in [1.54, 1.807) is 25.2 Å². The van der Waals surface area contributed by atoms with Crippen molar-refractivity contribution in [3.8, 4) is 11.8 Å². The Morgan fingerprint density at radius 3 is 2.50 bits per heavy atom. The van der Waals surface area contributed by atoms with Crippen molar-refractivity contribution in [2.24, 2.45) is 7.05 Å². The summed E-state index contributed by atoms with van der Waals surface area (Å²) in [6, 6.07) is 16.0. The maximum atomic E-state index is 13.0. The molecule has 0 bridgehead atoms. The van der Waals surface area contributed by atoms with Crippen LogP contribution in [0.4, 0.5) is 0 Å². The molecule has 0 radical (unpaired) electrons. The molecule has 2 heterocycles. The number of nitrogens with zero attached hydrogens (tertiary/aromatic N) is 2. The number of benzene rings is 2. The highest BCUT2D eigenvalue weighted by atomic mass is 32.1. The van der Waals surface area contributed by atoms with Crippen molar-refractivity contribution in [1.82, 2.24) is 9.13 Å². The molecule has 0 saturated carbocycles. The molecule has 0 aliphatic rings. The summed E-state index contributed by atoms with van der Waals surface area (Å²) in [7, 11) is 1.63. The predicted octanol–water partition coefficient (Wildman–Crippen LogP) is 3.41. The van der Waals surface area contributed by atoms with Gasteiger partial charge in [0.15, 0.2) is 0 Å². The summed E-state index contributed by atoms with van der Waals surface area (Å²) in [6.07, 6.45) is 0.603. The van der Waals surface area contributed by atoms with Crippen molar-refractivity contribution < 1.29 is 9.90 Å². The van der Waals surface area contributed by atoms with Gasteiger partial charge in [0.2, 0.25) is 0 Å². The third kappa shape index (κ3) is 4.27. The lowest BCUT2D eigenvalue weighted by atomic mass is 10.1.